The molecule has 0 N–H and O–H groups in total. The van der Waals surface area contributed by atoms with Gasteiger partial charge in [-0.1, -0.05) is 22.9 Å². The number of carbonyl (C=O) groups excluding carboxylic acids is 2. The quantitative estimate of drug-likeness (QED) is 0.210. The molecule has 0 aliphatic carbocycles. The molecule has 4 aromatic rings. The predicted molar refractivity (Wildman–Crippen MR) is 174 cm³/mol. The van der Waals surface area contributed by atoms with Gasteiger partial charge in [-0.25, -0.2) is 14.6 Å². The molecule has 3 heterocycles. The number of methoxy groups -OCH3 is 2. The maximum Gasteiger partial charge on any atom is 0.339 e. The second-order valence-electron chi connectivity index (χ2n) is 11.0. The molecule has 240 valence electrons. The summed E-state index contributed by atoms with van der Waals surface area (Å²) in [7, 11) is 3.04. The molecule has 0 bridgehead atoms. The number of thiazole rings is 1. The standard InChI is InChI=1S/C34H33ClN2O8S/c1-17(2)43-32(39)23-11-8-20(35)14-24(23)27-13-10-22(45-27)16-28-31(38)37-30(25-15-21(41-6)9-12-26(25)42-7)29(33(40)44-18(3)4)19(5)36-34(37)46-28/h8-18,30H,1-7H3/b28-16-/t30-/m1/s1. The average molecular weight is 665 g/mol. The van der Waals surface area contributed by atoms with Crippen LogP contribution in [-0.4, -0.2) is 42.9 Å². The van der Waals surface area contributed by atoms with Crippen LogP contribution in [0, 0.1) is 0 Å². The van der Waals surface area contributed by atoms with E-state index in [1.807, 2.05) is 0 Å². The van der Waals surface area contributed by atoms with Crippen molar-refractivity contribution in [3.05, 3.63) is 101 Å². The minimum atomic E-state index is -0.914. The van der Waals surface area contributed by atoms with Gasteiger partial charge in [0.1, 0.15) is 29.1 Å². The summed E-state index contributed by atoms with van der Waals surface area (Å²) in [6, 6.07) is 12.5. The summed E-state index contributed by atoms with van der Waals surface area (Å²) in [5, 5.41) is 0.414. The maximum atomic E-state index is 14.1. The summed E-state index contributed by atoms with van der Waals surface area (Å²) in [6.45, 7) is 8.74. The van der Waals surface area contributed by atoms with Gasteiger partial charge >= 0.3 is 11.9 Å². The first kappa shape index (κ1) is 32.8. The van der Waals surface area contributed by atoms with E-state index in [2.05, 4.69) is 4.99 Å². The minimum Gasteiger partial charge on any atom is -0.497 e. The number of fused-ring (bicyclic) bond motifs is 1. The summed E-state index contributed by atoms with van der Waals surface area (Å²) >= 11 is 7.41. The number of furan rings is 1. The van der Waals surface area contributed by atoms with Gasteiger partial charge in [0.05, 0.1) is 47.8 Å². The number of nitrogens with zero attached hydrogens (tertiary/aromatic N) is 2. The van der Waals surface area contributed by atoms with Gasteiger partial charge in [0, 0.05) is 22.2 Å². The van der Waals surface area contributed by atoms with Crippen LogP contribution in [-0.2, 0) is 14.3 Å². The van der Waals surface area contributed by atoms with Gasteiger partial charge in [0.2, 0.25) is 0 Å². The van der Waals surface area contributed by atoms with Crippen LogP contribution in [0.5, 0.6) is 11.5 Å². The van der Waals surface area contributed by atoms with Crippen LogP contribution in [0.25, 0.3) is 17.4 Å². The Kier molecular flexibility index (Phi) is 9.55. The van der Waals surface area contributed by atoms with Crippen molar-refractivity contribution in [3.63, 3.8) is 0 Å². The van der Waals surface area contributed by atoms with Crippen molar-refractivity contribution < 1.29 is 33.0 Å². The fourth-order valence-corrected chi connectivity index (χ4v) is 6.29. The van der Waals surface area contributed by atoms with Crippen LogP contribution < -0.4 is 24.4 Å². The van der Waals surface area contributed by atoms with Crippen molar-refractivity contribution in [1.82, 2.24) is 4.57 Å². The first-order valence-corrected chi connectivity index (χ1v) is 15.7. The van der Waals surface area contributed by atoms with E-state index in [4.69, 9.17) is 35.0 Å². The number of hydrogen-bond donors (Lipinski definition) is 0. The van der Waals surface area contributed by atoms with Crippen molar-refractivity contribution in [2.75, 3.05) is 14.2 Å². The van der Waals surface area contributed by atoms with Gasteiger partial charge in [-0.05, 0) is 83.1 Å². The van der Waals surface area contributed by atoms with E-state index < -0.39 is 29.6 Å². The van der Waals surface area contributed by atoms with E-state index in [9.17, 15) is 14.4 Å². The molecule has 2 aromatic carbocycles. The van der Waals surface area contributed by atoms with Gasteiger partial charge in [0.15, 0.2) is 4.80 Å². The lowest BCUT2D eigenvalue weighted by atomic mass is 9.94. The van der Waals surface area contributed by atoms with Crippen LogP contribution in [0.3, 0.4) is 0 Å². The summed E-state index contributed by atoms with van der Waals surface area (Å²) in [5.74, 6) is 0.589. The average Bonchev–Trinajstić information content (AvgIpc) is 3.59. The third kappa shape index (κ3) is 6.52. The fourth-order valence-electron chi connectivity index (χ4n) is 5.09. The highest BCUT2D eigenvalue weighted by Crippen LogP contribution is 2.38. The Morgan fingerprint density at radius 1 is 0.978 bits per heavy atom. The molecule has 0 saturated carbocycles. The van der Waals surface area contributed by atoms with Crippen LogP contribution >= 0.6 is 22.9 Å². The Bertz CT molecular complexity index is 2040. The van der Waals surface area contributed by atoms with Gasteiger partial charge in [-0.3, -0.25) is 9.36 Å². The zero-order valence-corrected chi connectivity index (χ0v) is 27.9. The van der Waals surface area contributed by atoms with Crippen molar-refractivity contribution in [2.45, 2.75) is 52.9 Å². The number of carbonyl (C=O) groups is 2. The lowest BCUT2D eigenvalue weighted by Crippen LogP contribution is -2.40. The molecule has 5 rings (SSSR count). The molecule has 12 heteroatoms. The molecule has 46 heavy (non-hydrogen) atoms. The van der Waals surface area contributed by atoms with E-state index in [-0.39, 0.29) is 11.7 Å². The van der Waals surface area contributed by atoms with E-state index in [0.29, 0.717) is 59.8 Å². The Hall–Kier alpha value is -4.61. The van der Waals surface area contributed by atoms with E-state index >= 15 is 0 Å². The number of halogens is 1. The molecule has 10 nitrogen and oxygen atoms in total. The SMILES string of the molecule is COc1ccc(OC)c([C@@H]2C(C(=O)OC(C)C)=C(C)N=c3s/c(=C\c4ccc(-c5cc(Cl)ccc5C(=O)OC(C)C)o4)c(=O)n32)c1. The monoisotopic (exact) mass is 664 g/mol. The minimum absolute atomic E-state index is 0.209. The zero-order valence-electron chi connectivity index (χ0n) is 26.4. The molecule has 1 aliphatic rings. The Labute approximate surface area is 274 Å². The summed E-state index contributed by atoms with van der Waals surface area (Å²) in [4.78, 5) is 45.4. The zero-order chi connectivity index (χ0) is 33.3. The molecule has 0 saturated heterocycles. The number of ether oxygens (including phenoxy) is 4. The molecule has 0 radical (unpaired) electrons. The number of esters is 2. The number of allylic oxidation sites excluding steroid dienone is 1. The summed E-state index contributed by atoms with van der Waals surface area (Å²) < 4.78 is 30.0. The Balaban J connectivity index is 1.65. The van der Waals surface area contributed by atoms with E-state index in [1.165, 1.54) is 18.8 Å². The highest BCUT2D eigenvalue weighted by Gasteiger charge is 2.36. The first-order chi connectivity index (χ1) is 21.9. The Morgan fingerprint density at radius 2 is 1.70 bits per heavy atom. The Morgan fingerprint density at radius 3 is 2.37 bits per heavy atom. The molecule has 0 unspecified atom stereocenters. The third-order valence-electron chi connectivity index (χ3n) is 7.03. The van der Waals surface area contributed by atoms with Crippen molar-refractivity contribution >= 4 is 41.0 Å². The predicted octanol–water partition coefficient (Wildman–Crippen LogP) is 5.68. The normalized spacial score (nSPS) is 14.7. The number of hydrogen-bond acceptors (Lipinski definition) is 10. The molecule has 1 aliphatic heterocycles. The van der Waals surface area contributed by atoms with Crippen molar-refractivity contribution in [1.29, 1.82) is 0 Å². The highest BCUT2D eigenvalue weighted by molar-refractivity contribution is 7.07. The van der Waals surface area contributed by atoms with Crippen molar-refractivity contribution in [2.24, 2.45) is 4.99 Å². The van der Waals surface area contributed by atoms with E-state index in [0.717, 1.165) is 11.3 Å². The molecular weight excluding hydrogens is 632 g/mol. The second-order valence-corrected chi connectivity index (χ2v) is 12.4. The summed E-state index contributed by atoms with van der Waals surface area (Å²) in [6.07, 6.45) is 0.881. The molecule has 0 amide bonds. The number of benzene rings is 2. The first-order valence-electron chi connectivity index (χ1n) is 14.5. The number of aromatic nitrogens is 1. The maximum absolute atomic E-state index is 14.1. The van der Waals surface area contributed by atoms with Gasteiger partial charge in [-0.15, -0.1) is 0 Å². The summed E-state index contributed by atoms with van der Waals surface area (Å²) in [5.41, 5.74) is 1.50. The van der Waals surface area contributed by atoms with Crippen LogP contribution in [0.4, 0.5) is 0 Å². The number of rotatable bonds is 9. The smallest absolute Gasteiger partial charge is 0.339 e. The third-order valence-corrected chi connectivity index (χ3v) is 8.24. The largest absolute Gasteiger partial charge is 0.497 e. The fraction of sp³-hybridized carbons (Fsp3) is 0.294. The highest BCUT2D eigenvalue weighted by atomic mass is 35.5. The molecule has 0 spiro atoms. The van der Waals surface area contributed by atoms with Gasteiger partial charge in [-0.2, -0.15) is 0 Å². The van der Waals surface area contributed by atoms with Gasteiger partial charge < -0.3 is 23.4 Å². The van der Waals surface area contributed by atoms with Crippen LogP contribution in [0.1, 0.15) is 62.3 Å². The van der Waals surface area contributed by atoms with E-state index in [1.54, 1.807) is 89.2 Å². The topological polar surface area (TPSA) is 119 Å². The lowest BCUT2D eigenvalue weighted by molar-refractivity contribution is -0.143. The van der Waals surface area contributed by atoms with Crippen molar-refractivity contribution in [3.8, 4) is 22.8 Å². The molecule has 2 aromatic heterocycles. The molecule has 1 atom stereocenters. The second kappa shape index (κ2) is 13.4. The van der Waals surface area contributed by atoms with Crippen LogP contribution in [0.2, 0.25) is 5.02 Å². The lowest BCUT2D eigenvalue weighted by Gasteiger charge is -2.26. The van der Waals surface area contributed by atoms with Crippen LogP contribution in [0.15, 0.2) is 74.0 Å². The molecular formula is C34H33ClN2O8S. The molecule has 0 fully saturated rings. The van der Waals surface area contributed by atoms with Gasteiger partial charge in [0.25, 0.3) is 5.56 Å².